The highest BCUT2D eigenvalue weighted by Crippen LogP contribution is 2.39. The molecule has 2 N–H and O–H groups in total. The van der Waals surface area contributed by atoms with Crippen molar-refractivity contribution >= 4 is 5.65 Å². The molecule has 1 aliphatic rings. The van der Waals surface area contributed by atoms with Gasteiger partial charge in [0, 0.05) is 17.7 Å². The van der Waals surface area contributed by atoms with E-state index in [2.05, 4.69) is 46.3 Å². The van der Waals surface area contributed by atoms with E-state index in [1.54, 1.807) is 12.3 Å². The molecule has 1 aliphatic carbocycles. The first-order valence-electron chi connectivity index (χ1n) is 13.6. The number of nitrogens with zero attached hydrogens (tertiary/aromatic N) is 9. The monoisotopic (exact) mass is 589 g/mol. The molecule has 1 fully saturated rings. The summed E-state index contributed by atoms with van der Waals surface area (Å²) in [5.74, 6) is 1.34. The number of tetrazole rings is 2. The van der Waals surface area contributed by atoms with Crippen molar-refractivity contribution in [3.05, 3.63) is 84.1 Å². The van der Waals surface area contributed by atoms with Gasteiger partial charge < -0.3 is 4.74 Å². The first kappa shape index (κ1) is 27.9. The fourth-order valence-corrected chi connectivity index (χ4v) is 5.24. The minimum Gasteiger partial charge on any atom is -0.489 e. The summed E-state index contributed by atoms with van der Waals surface area (Å²) >= 11 is 0. The highest BCUT2D eigenvalue weighted by Gasteiger charge is 2.30. The van der Waals surface area contributed by atoms with Crippen molar-refractivity contribution < 1.29 is 17.9 Å². The van der Waals surface area contributed by atoms with Gasteiger partial charge in [-0.3, -0.25) is 0 Å². The maximum Gasteiger partial charge on any atom is 0.416 e. The number of aromatic amines is 2. The van der Waals surface area contributed by atoms with Crippen LogP contribution in [0.15, 0.2) is 67.3 Å². The number of nitrogens with one attached hydrogen (secondary N) is 2. The van der Waals surface area contributed by atoms with Crippen LogP contribution in [0.5, 0.6) is 5.75 Å². The zero-order chi connectivity index (χ0) is 29.6. The third kappa shape index (κ3) is 6.34. The third-order valence-electron chi connectivity index (χ3n) is 7.24. The molecule has 4 heterocycles. The normalized spacial score (nSPS) is 13.9. The highest BCUT2D eigenvalue weighted by atomic mass is 19.4. The number of rotatable bonds is 6. The molecule has 43 heavy (non-hydrogen) atoms. The van der Waals surface area contributed by atoms with Gasteiger partial charge in [-0.2, -0.15) is 28.7 Å². The van der Waals surface area contributed by atoms with Crippen LogP contribution in [0.2, 0.25) is 0 Å². The zero-order valence-electron chi connectivity index (χ0n) is 22.7. The van der Waals surface area contributed by atoms with Crippen LogP contribution in [0, 0.1) is 0 Å². The van der Waals surface area contributed by atoms with Gasteiger partial charge in [-0.25, -0.2) is 9.50 Å². The van der Waals surface area contributed by atoms with Crippen LogP contribution >= 0.6 is 0 Å². The Balaban J connectivity index is 0.000000599. The van der Waals surface area contributed by atoms with E-state index in [1.807, 2.05) is 35.0 Å². The van der Waals surface area contributed by atoms with E-state index in [-0.39, 0.29) is 6.61 Å². The molecule has 0 saturated heterocycles. The third-order valence-corrected chi connectivity index (χ3v) is 7.24. The molecular weight excluding hydrogens is 563 g/mol. The molecule has 0 amide bonds. The zero-order valence-corrected chi connectivity index (χ0v) is 22.7. The first-order chi connectivity index (χ1) is 21.0. The Labute approximate surface area is 242 Å². The van der Waals surface area contributed by atoms with Gasteiger partial charge in [-0.15, -0.1) is 20.4 Å². The van der Waals surface area contributed by atoms with Crippen LogP contribution in [0.25, 0.3) is 28.2 Å². The van der Waals surface area contributed by atoms with Crippen molar-refractivity contribution in [3.8, 4) is 28.3 Å². The van der Waals surface area contributed by atoms with Crippen LogP contribution in [-0.2, 0) is 12.8 Å². The van der Waals surface area contributed by atoms with Gasteiger partial charge in [0.1, 0.15) is 12.4 Å². The quantitative estimate of drug-likeness (QED) is 0.260. The maximum atomic E-state index is 13.0. The summed E-state index contributed by atoms with van der Waals surface area (Å²) in [6.45, 7) is 0.0379. The van der Waals surface area contributed by atoms with Crippen LogP contribution in [0.1, 0.15) is 54.8 Å². The highest BCUT2D eigenvalue weighted by molar-refractivity contribution is 5.75. The number of H-pyrrole nitrogens is 2. The molecule has 4 aromatic heterocycles. The summed E-state index contributed by atoms with van der Waals surface area (Å²) in [6.07, 6.45) is 6.22. The van der Waals surface area contributed by atoms with Crippen LogP contribution < -0.4 is 4.74 Å². The number of aromatic nitrogens is 11. The Morgan fingerprint density at radius 1 is 0.930 bits per heavy atom. The Morgan fingerprint density at radius 3 is 2.44 bits per heavy atom. The predicted molar refractivity (Wildman–Crippen MR) is 147 cm³/mol. The summed E-state index contributed by atoms with van der Waals surface area (Å²) in [5.41, 5.74) is 4.20. The van der Waals surface area contributed by atoms with Crippen molar-refractivity contribution in [3.63, 3.8) is 0 Å². The molecule has 0 aliphatic heterocycles. The number of halogens is 3. The predicted octanol–water partition coefficient (Wildman–Crippen LogP) is 5.42. The molecule has 220 valence electrons. The summed E-state index contributed by atoms with van der Waals surface area (Å²) in [5, 5.41) is 31.1. The standard InChI is InChI=1S/C27H24F3N7O.CH2N4/c28-27(29,30)20-8-4-5-17(13-20)16-38-21-11-9-18(10-12-21)22-14-31-26-23(25-33-35-36-34-25)15-32-37(26)24(22)19-6-2-1-3-7-19;1-2-4-5-3-1/h4-5,8-15,19H,1-3,6-7,16H2,(H,33,34,35,36);1H,(H,2,3,4,5). The second kappa shape index (κ2) is 12.3. The van der Waals surface area contributed by atoms with Gasteiger partial charge in [-0.1, -0.05) is 48.7 Å². The minimum absolute atomic E-state index is 0.0379. The molecule has 0 unspecified atom stereocenters. The minimum atomic E-state index is -4.39. The fourth-order valence-electron chi connectivity index (χ4n) is 5.24. The smallest absolute Gasteiger partial charge is 0.416 e. The second-order valence-corrected chi connectivity index (χ2v) is 9.99. The lowest BCUT2D eigenvalue weighted by Crippen LogP contribution is -2.12. The van der Waals surface area contributed by atoms with Crippen molar-refractivity contribution in [2.75, 3.05) is 0 Å². The summed E-state index contributed by atoms with van der Waals surface area (Å²) in [7, 11) is 0. The van der Waals surface area contributed by atoms with Gasteiger partial charge in [0.05, 0.1) is 23.0 Å². The number of ether oxygens (including phenoxy) is 1. The largest absolute Gasteiger partial charge is 0.489 e. The number of benzene rings is 2. The van der Waals surface area contributed by atoms with Gasteiger partial charge >= 0.3 is 6.18 Å². The van der Waals surface area contributed by atoms with E-state index >= 15 is 0 Å². The van der Waals surface area contributed by atoms with Crippen LogP contribution in [-0.4, -0.2) is 55.8 Å². The van der Waals surface area contributed by atoms with E-state index in [0.29, 0.717) is 34.3 Å². The Hall–Kier alpha value is -5.21. The van der Waals surface area contributed by atoms with Gasteiger partial charge in [0.25, 0.3) is 0 Å². The van der Waals surface area contributed by atoms with E-state index in [9.17, 15) is 13.2 Å². The Morgan fingerprint density at radius 2 is 1.77 bits per heavy atom. The molecule has 6 aromatic rings. The topological polar surface area (TPSA) is 148 Å². The lowest BCUT2D eigenvalue weighted by Gasteiger charge is -2.25. The Bertz CT molecular complexity index is 1730. The van der Waals surface area contributed by atoms with Crippen LogP contribution in [0.4, 0.5) is 13.2 Å². The number of hydrogen-bond donors (Lipinski definition) is 2. The van der Waals surface area contributed by atoms with Crippen molar-refractivity contribution in [2.45, 2.75) is 50.8 Å². The molecule has 7 rings (SSSR count). The second-order valence-electron chi connectivity index (χ2n) is 9.99. The summed E-state index contributed by atoms with van der Waals surface area (Å²) in [6, 6.07) is 12.7. The molecule has 1 saturated carbocycles. The number of fused-ring (bicyclic) bond motifs is 1. The van der Waals surface area contributed by atoms with Gasteiger partial charge in [0.15, 0.2) is 12.0 Å². The molecule has 2 aromatic carbocycles. The first-order valence-corrected chi connectivity index (χ1v) is 13.6. The van der Waals surface area contributed by atoms with Crippen LogP contribution in [0.3, 0.4) is 0 Å². The molecule has 0 atom stereocenters. The van der Waals surface area contributed by atoms with E-state index in [1.165, 1.54) is 18.8 Å². The van der Waals surface area contributed by atoms with E-state index < -0.39 is 11.7 Å². The molecule has 15 heteroatoms. The molecular formula is C28H26F3N11O. The molecule has 0 bridgehead atoms. The van der Waals surface area contributed by atoms with Gasteiger partial charge in [-0.05, 0) is 53.4 Å². The molecule has 12 nitrogen and oxygen atoms in total. The maximum absolute atomic E-state index is 13.0. The SMILES string of the molecule is FC(F)(F)c1cccc(COc2ccc(-c3cnc4c(-c5nn[nH]n5)cnn4c3C3CCCCC3)cc2)c1.c1nn[nH]n1. The number of hydrogen-bond acceptors (Lipinski definition) is 9. The lowest BCUT2D eigenvalue weighted by molar-refractivity contribution is -0.137. The fraction of sp³-hybridized carbons (Fsp3) is 0.286. The average molecular weight is 590 g/mol. The average Bonchev–Trinajstić information content (AvgIpc) is 3.84. The molecule has 0 radical (unpaired) electrons. The molecule has 0 spiro atoms. The Kier molecular flexibility index (Phi) is 8.02. The van der Waals surface area contributed by atoms with Crippen molar-refractivity contribution in [1.29, 1.82) is 0 Å². The van der Waals surface area contributed by atoms with E-state index in [4.69, 9.17) is 9.72 Å². The van der Waals surface area contributed by atoms with Crippen molar-refractivity contribution in [2.24, 2.45) is 0 Å². The summed E-state index contributed by atoms with van der Waals surface area (Å²) < 4.78 is 46.7. The summed E-state index contributed by atoms with van der Waals surface area (Å²) in [4.78, 5) is 4.71. The van der Waals surface area contributed by atoms with E-state index in [0.717, 1.165) is 54.6 Å². The van der Waals surface area contributed by atoms with Crippen molar-refractivity contribution in [1.82, 2.24) is 55.8 Å². The lowest BCUT2D eigenvalue weighted by atomic mass is 9.84. The number of alkyl halides is 3. The van der Waals surface area contributed by atoms with Gasteiger partial charge in [0.2, 0.25) is 5.82 Å².